The molecule has 0 aliphatic carbocycles. The number of likely N-dealkylation sites (N-methyl/N-ethyl adjacent to an activating group) is 1. The zero-order chi connectivity index (χ0) is 20.1. The van der Waals surface area contributed by atoms with E-state index < -0.39 is 0 Å². The van der Waals surface area contributed by atoms with Crippen molar-refractivity contribution in [3.63, 3.8) is 0 Å². The van der Waals surface area contributed by atoms with Crippen molar-refractivity contribution in [2.24, 2.45) is 0 Å². The summed E-state index contributed by atoms with van der Waals surface area (Å²) < 4.78 is 6.11. The van der Waals surface area contributed by atoms with Crippen LogP contribution in [0, 0.1) is 0 Å². The van der Waals surface area contributed by atoms with Gasteiger partial charge in [-0.15, -0.1) is 0 Å². The van der Waals surface area contributed by atoms with Crippen LogP contribution in [0.2, 0.25) is 0 Å². The van der Waals surface area contributed by atoms with Crippen LogP contribution < -0.4 is 4.74 Å². The van der Waals surface area contributed by atoms with E-state index >= 15 is 0 Å². The molecular formula is C26H27NOS. The highest BCUT2D eigenvalue weighted by Crippen LogP contribution is 2.46. The van der Waals surface area contributed by atoms with Crippen molar-refractivity contribution in [2.45, 2.75) is 23.6 Å². The lowest BCUT2D eigenvalue weighted by Gasteiger charge is -2.23. The van der Waals surface area contributed by atoms with Gasteiger partial charge in [-0.05, 0) is 65.7 Å². The minimum atomic E-state index is 0.710. The first-order valence-electron chi connectivity index (χ1n) is 10.3. The summed E-state index contributed by atoms with van der Waals surface area (Å²) in [7, 11) is 0. The van der Waals surface area contributed by atoms with E-state index in [0.717, 1.165) is 25.4 Å². The topological polar surface area (TPSA) is 12.5 Å². The summed E-state index contributed by atoms with van der Waals surface area (Å²) in [4.78, 5) is 4.96. The molecule has 0 spiro atoms. The predicted octanol–water partition coefficient (Wildman–Crippen LogP) is 6.46. The smallest absolute Gasteiger partial charge is 0.120 e. The molecule has 0 fully saturated rings. The standard InChI is InChI=1S/C26H27NOS/c1-3-27(4-2)16-17-28-21-14-15-26-24(19-21)23(18-20-10-6-5-7-11-20)22-12-8-9-13-25(22)29-26/h5-15,18-19H,3-4,16-17H2,1-2H3/b23-18-. The maximum atomic E-state index is 6.11. The number of fused-ring (bicyclic) bond motifs is 2. The van der Waals surface area contributed by atoms with Gasteiger partial charge in [-0.3, -0.25) is 0 Å². The van der Waals surface area contributed by atoms with Gasteiger partial charge in [-0.1, -0.05) is 74.1 Å². The normalized spacial score (nSPS) is 14.0. The fraction of sp³-hybridized carbons (Fsp3) is 0.231. The first-order valence-corrected chi connectivity index (χ1v) is 11.1. The van der Waals surface area contributed by atoms with Crippen LogP contribution >= 0.6 is 11.8 Å². The van der Waals surface area contributed by atoms with E-state index in [-0.39, 0.29) is 0 Å². The lowest BCUT2D eigenvalue weighted by Crippen LogP contribution is -2.27. The van der Waals surface area contributed by atoms with E-state index in [0.29, 0.717) is 6.61 Å². The van der Waals surface area contributed by atoms with Gasteiger partial charge >= 0.3 is 0 Å². The summed E-state index contributed by atoms with van der Waals surface area (Å²) in [5, 5.41) is 0. The fourth-order valence-electron chi connectivity index (χ4n) is 3.64. The van der Waals surface area contributed by atoms with Crippen LogP contribution in [-0.2, 0) is 0 Å². The third-order valence-corrected chi connectivity index (χ3v) is 6.47. The zero-order valence-corrected chi connectivity index (χ0v) is 17.9. The molecule has 1 aliphatic rings. The van der Waals surface area contributed by atoms with E-state index in [2.05, 4.69) is 97.6 Å². The molecule has 0 saturated carbocycles. The molecule has 3 aromatic carbocycles. The van der Waals surface area contributed by atoms with E-state index in [1.165, 1.54) is 32.1 Å². The van der Waals surface area contributed by atoms with E-state index in [1.807, 2.05) is 11.8 Å². The molecule has 29 heavy (non-hydrogen) atoms. The van der Waals surface area contributed by atoms with Gasteiger partial charge in [0.15, 0.2) is 0 Å². The van der Waals surface area contributed by atoms with E-state index in [9.17, 15) is 0 Å². The fourth-order valence-corrected chi connectivity index (χ4v) is 4.73. The van der Waals surface area contributed by atoms with Crippen LogP contribution in [-0.4, -0.2) is 31.1 Å². The lowest BCUT2D eigenvalue weighted by molar-refractivity contribution is 0.222. The Bertz CT molecular complexity index is 993. The van der Waals surface area contributed by atoms with Gasteiger partial charge in [0.25, 0.3) is 0 Å². The summed E-state index contributed by atoms with van der Waals surface area (Å²) in [5.41, 5.74) is 5.00. The van der Waals surface area contributed by atoms with Gasteiger partial charge in [-0.25, -0.2) is 0 Å². The van der Waals surface area contributed by atoms with Crippen LogP contribution in [0.25, 0.3) is 11.6 Å². The van der Waals surface area contributed by atoms with Gasteiger partial charge in [0.2, 0.25) is 0 Å². The number of rotatable bonds is 7. The second-order valence-electron chi connectivity index (χ2n) is 7.10. The minimum Gasteiger partial charge on any atom is -0.492 e. The van der Waals surface area contributed by atoms with Crippen molar-refractivity contribution >= 4 is 23.4 Å². The summed E-state index contributed by atoms with van der Waals surface area (Å²) in [6, 6.07) is 25.7. The maximum Gasteiger partial charge on any atom is 0.120 e. The molecule has 0 bridgehead atoms. The number of hydrogen-bond acceptors (Lipinski definition) is 3. The Balaban J connectivity index is 1.67. The molecule has 0 radical (unpaired) electrons. The Labute approximate surface area is 178 Å². The zero-order valence-electron chi connectivity index (χ0n) is 17.1. The van der Waals surface area contributed by atoms with Crippen LogP contribution in [0.1, 0.15) is 30.5 Å². The van der Waals surface area contributed by atoms with Crippen molar-refractivity contribution in [3.8, 4) is 5.75 Å². The molecule has 3 aromatic rings. The Morgan fingerprint density at radius 1 is 0.828 bits per heavy atom. The second kappa shape index (κ2) is 9.34. The largest absolute Gasteiger partial charge is 0.492 e. The van der Waals surface area contributed by atoms with E-state index in [1.54, 1.807) is 0 Å². The predicted molar refractivity (Wildman–Crippen MR) is 124 cm³/mol. The minimum absolute atomic E-state index is 0.710. The highest BCUT2D eigenvalue weighted by Gasteiger charge is 2.21. The molecule has 0 saturated heterocycles. The van der Waals surface area contributed by atoms with E-state index in [4.69, 9.17) is 4.74 Å². The molecule has 0 N–H and O–H groups in total. The van der Waals surface area contributed by atoms with Crippen molar-refractivity contribution in [2.75, 3.05) is 26.2 Å². The first-order chi connectivity index (χ1) is 14.3. The molecule has 0 atom stereocenters. The summed E-state index contributed by atoms with van der Waals surface area (Å²) in [6.07, 6.45) is 2.29. The van der Waals surface area contributed by atoms with Crippen molar-refractivity contribution in [3.05, 3.63) is 89.5 Å². The SMILES string of the molecule is CCN(CC)CCOc1ccc2c(c1)/C(=C\c1ccccc1)c1ccccc1S2. The van der Waals surface area contributed by atoms with Gasteiger partial charge in [-0.2, -0.15) is 0 Å². The van der Waals surface area contributed by atoms with Crippen LogP contribution in [0.15, 0.2) is 82.6 Å². The Hall–Kier alpha value is -2.49. The van der Waals surface area contributed by atoms with Gasteiger partial charge in [0, 0.05) is 16.3 Å². The molecule has 1 aliphatic heterocycles. The van der Waals surface area contributed by atoms with Gasteiger partial charge < -0.3 is 9.64 Å². The third-order valence-electron chi connectivity index (χ3n) is 5.32. The average molecular weight is 402 g/mol. The monoisotopic (exact) mass is 401 g/mol. The molecule has 3 heteroatoms. The quantitative estimate of drug-likeness (QED) is 0.352. The number of benzene rings is 3. The van der Waals surface area contributed by atoms with Crippen LogP contribution in [0.5, 0.6) is 5.75 Å². The first kappa shape index (κ1) is 19.8. The molecule has 4 rings (SSSR count). The molecule has 148 valence electrons. The summed E-state index contributed by atoms with van der Waals surface area (Å²) in [6.45, 7) is 8.16. The number of nitrogens with zero attached hydrogens (tertiary/aromatic N) is 1. The van der Waals surface area contributed by atoms with Crippen molar-refractivity contribution in [1.82, 2.24) is 4.90 Å². The van der Waals surface area contributed by atoms with Crippen LogP contribution in [0.4, 0.5) is 0 Å². The third kappa shape index (κ3) is 4.58. The molecule has 0 unspecified atom stereocenters. The lowest BCUT2D eigenvalue weighted by atomic mass is 9.95. The Morgan fingerprint density at radius 2 is 1.55 bits per heavy atom. The molecule has 0 amide bonds. The molecular weight excluding hydrogens is 374 g/mol. The molecule has 0 aromatic heterocycles. The number of hydrogen-bond donors (Lipinski definition) is 0. The summed E-state index contributed by atoms with van der Waals surface area (Å²) in [5.74, 6) is 0.940. The second-order valence-corrected chi connectivity index (χ2v) is 8.18. The maximum absolute atomic E-state index is 6.11. The van der Waals surface area contributed by atoms with Crippen LogP contribution in [0.3, 0.4) is 0 Å². The van der Waals surface area contributed by atoms with Gasteiger partial charge in [0.1, 0.15) is 12.4 Å². The molecule has 1 heterocycles. The highest BCUT2D eigenvalue weighted by molar-refractivity contribution is 7.99. The number of ether oxygens (including phenoxy) is 1. The highest BCUT2D eigenvalue weighted by atomic mass is 32.2. The van der Waals surface area contributed by atoms with Crippen molar-refractivity contribution < 1.29 is 4.74 Å². The van der Waals surface area contributed by atoms with Crippen molar-refractivity contribution in [1.29, 1.82) is 0 Å². The average Bonchev–Trinajstić information content (AvgIpc) is 2.77. The Morgan fingerprint density at radius 3 is 2.34 bits per heavy atom. The summed E-state index contributed by atoms with van der Waals surface area (Å²) >= 11 is 1.84. The van der Waals surface area contributed by atoms with Gasteiger partial charge in [0.05, 0.1) is 0 Å². The Kier molecular flexibility index (Phi) is 6.38. The molecule has 2 nitrogen and oxygen atoms in total.